The number of hydrogen-bond donors (Lipinski definition) is 1. The highest BCUT2D eigenvalue weighted by Gasteiger charge is 2.12. The fourth-order valence-electron chi connectivity index (χ4n) is 1.80. The Morgan fingerprint density at radius 1 is 1.39 bits per heavy atom. The number of nitrogens with zero attached hydrogens (tertiary/aromatic N) is 1. The fraction of sp³-hybridized carbons (Fsp3) is 0.267. The predicted molar refractivity (Wildman–Crippen MR) is 90.0 cm³/mol. The molecular weight excluding hydrogens is 336 g/mol. The molecule has 1 aromatic heterocycles. The number of hydrogen-bond acceptors (Lipinski definition) is 6. The van der Waals surface area contributed by atoms with E-state index in [1.165, 1.54) is 11.3 Å². The van der Waals surface area contributed by atoms with Crippen molar-refractivity contribution in [3.8, 4) is 0 Å². The largest absolute Gasteiger partial charge is 0.452 e. The zero-order valence-corrected chi connectivity index (χ0v) is 14.3. The summed E-state index contributed by atoms with van der Waals surface area (Å²) < 4.78 is 16.2. The van der Waals surface area contributed by atoms with Crippen LogP contribution in [0.4, 0.5) is 5.13 Å². The SMILES string of the molecule is Cc1csc(NC(=O)COC(=O)c2cccc(CS(C)=O)c2)n1. The van der Waals surface area contributed by atoms with Crippen molar-refractivity contribution in [2.45, 2.75) is 12.7 Å². The zero-order chi connectivity index (χ0) is 16.8. The van der Waals surface area contributed by atoms with Crippen molar-refractivity contribution in [1.82, 2.24) is 4.98 Å². The van der Waals surface area contributed by atoms with Gasteiger partial charge in [0.15, 0.2) is 11.7 Å². The molecule has 1 atom stereocenters. The number of carbonyl (C=O) groups excluding carboxylic acids is 2. The average molecular weight is 352 g/mol. The molecule has 1 amide bonds. The first-order valence-corrected chi connectivity index (χ1v) is 9.33. The second-order valence-corrected chi connectivity index (χ2v) is 7.13. The molecular formula is C15H16N2O4S2. The number of benzene rings is 1. The van der Waals surface area contributed by atoms with E-state index in [2.05, 4.69) is 10.3 Å². The number of rotatable bonds is 6. The van der Waals surface area contributed by atoms with E-state index in [0.29, 0.717) is 16.4 Å². The number of carbonyl (C=O) groups is 2. The summed E-state index contributed by atoms with van der Waals surface area (Å²) in [6.07, 6.45) is 1.59. The number of aryl methyl sites for hydroxylation is 1. The van der Waals surface area contributed by atoms with Gasteiger partial charge in [-0.3, -0.25) is 14.3 Å². The van der Waals surface area contributed by atoms with E-state index in [-0.39, 0.29) is 6.61 Å². The molecule has 0 spiro atoms. The molecule has 0 saturated heterocycles. The van der Waals surface area contributed by atoms with Crippen molar-refractivity contribution >= 4 is 39.1 Å². The Labute approximate surface area is 140 Å². The summed E-state index contributed by atoms with van der Waals surface area (Å²) in [6.45, 7) is 1.43. The maximum Gasteiger partial charge on any atom is 0.338 e. The number of amides is 1. The third-order valence-corrected chi connectivity index (χ3v) is 4.35. The van der Waals surface area contributed by atoms with Crippen LogP contribution in [0.15, 0.2) is 29.6 Å². The molecule has 2 aromatic rings. The summed E-state index contributed by atoms with van der Waals surface area (Å²) in [6, 6.07) is 6.69. The minimum absolute atomic E-state index is 0.325. The standard InChI is InChI=1S/C15H16N2O4S2/c1-10-8-22-15(16-10)17-13(18)7-21-14(19)12-5-3-4-11(6-12)9-23(2)20/h3-6,8H,7,9H2,1-2H3,(H,16,17,18). The van der Waals surface area contributed by atoms with Crippen molar-refractivity contribution < 1.29 is 18.5 Å². The maximum atomic E-state index is 12.0. The van der Waals surface area contributed by atoms with Gasteiger partial charge in [-0.2, -0.15) is 0 Å². The Morgan fingerprint density at radius 2 is 2.17 bits per heavy atom. The normalized spacial score (nSPS) is 11.7. The van der Waals surface area contributed by atoms with E-state index in [1.54, 1.807) is 30.5 Å². The molecule has 0 aliphatic rings. The van der Waals surface area contributed by atoms with Crippen LogP contribution in [0.2, 0.25) is 0 Å². The van der Waals surface area contributed by atoms with Gasteiger partial charge < -0.3 is 4.74 Å². The van der Waals surface area contributed by atoms with Crippen molar-refractivity contribution in [2.75, 3.05) is 18.2 Å². The van der Waals surface area contributed by atoms with E-state index in [4.69, 9.17) is 4.74 Å². The summed E-state index contributed by atoms with van der Waals surface area (Å²) in [4.78, 5) is 27.8. The Hall–Kier alpha value is -2.06. The topological polar surface area (TPSA) is 85.4 Å². The molecule has 0 bridgehead atoms. The van der Waals surface area contributed by atoms with Gasteiger partial charge in [-0.05, 0) is 24.6 Å². The first kappa shape index (κ1) is 17.3. The van der Waals surface area contributed by atoms with Crippen LogP contribution in [0.25, 0.3) is 0 Å². The zero-order valence-electron chi connectivity index (χ0n) is 12.7. The van der Waals surface area contributed by atoms with E-state index < -0.39 is 22.7 Å². The van der Waals surface area contributed by atoms with Crippen molar-refractivity contribution in [1.29, 1.82) is 0 Å². The van der Waals surface area contributed by atoms with Gasteiger partial charge in [0, 0.05) is 28.2 Å². The molecule has 0 aliphatic heterocycles. The molecule has 1 N–H and O–H groups in total. The second-order valence-electron chi connectivity index (χ2n) is 4.84. The summed E-state index contributed by atoms with van der Waals surface area (Å²) in [5, 5.41) is 4.84. The Kier molecular flexibility index (Phi) is 6.00. The molecule has 6 nitrogen and oxygen atoms in total. The van der Waals surface area contributed by atoms with Gasteiger partial charge in [-0.1, -0.05) is 12.1 Å². The maximum absolute atomic E-state index is 12.0. The predicted octanol–water partition coefficient (Wildman–Crippen LogP) is 2.13. The number of esters is 1. The van der Waals surface area contributed by atoms with Gasteiger partial charge >= 0.3 is 5.97 Å². The van der Waals surface area contributed by atoms with Gasteiger partial charge in [0.25, 0.3) is 5.91 Å². The highest BCUT2D eigenvalue weighted by molar-refractivity contribution is 7.83. The molecule has 0 fully saturated rings. The van der Waals surface area contributed by atoms with E-state index >= 15 is 0 Å². The van der Waals surface area contributed by atoms with Crippen LogP contribution < -0.4 is 5.32 Å². The Balaban J connectivity index is 1.89. The molecule has 0 saturated carbocycles. The van der Waals surface area contributed by atoms with E-state index in [0.717, 1.165) is 11.3 Å². The minimum atomic E-state index is -0.992. The van der Waals surface area contributed by atoms with Crippen LogP contribution in [-0.2, 0) is 26.1 Å². The molecule has 1 heterocycles. The molecule has 2 rings (SSSR count). The molecule has 0 radical (unpaired) electrons. The quantitative estimate of drug-likeness (QED) is 0.805. The third kappa shape index (κ3) is 5.57. The molecule has 122 valence electrons. The highest BCUT2D eigenvalue weighted by atomic mass is 32.2. The van der Waals surface area contributed by atoms with Gasteiger partial charge in [0.05, 0.1) is 11.3 Å². The Bertz CT molecular complexity index is 743. The number of thiazole rings is 1. The Morgan fingerprint density at radius 3 is 2.83 bits per heavy atom. The van der Waals surface area contributed by atoms with Crippen LogP contribution in [0.3, 0.4) is 0 Å². The average Bonchev–Trinajstić information content (AvgIpc) is 2.89. The van der Waals surface area contributed by atoms with Crippen LogP contribution in [0.1, 0.15) is 21.6 Å². The van der Waals surface area contributed by atoms with Crippen molar-refractivity contribution in [2.24, 2.45) is 0 Å². The van der Waals surface area contributed by atoms with Crippen molar-refractivity contribution in [3.63, 3.8) is 0 Å². The molecule has 8 heteroatoms. The summed E-state index contributed by atoms with van der Waals surface area (Å²) in [7, 11) is -0.992. The molecule has 1 aromatic carbocycles. The second kappa shape index (κ2) is 7.98. The summed E-state index contributed by atoms with van der Waals surface area (Å²) in [5.74, 6) is -0.678. The lowest BCUT2D eigenvalue weighted by molar-refractivity contribution is -0.119. The number of aromatic nitrogens is 1. The number of ether oxygens (including phenoxy) is 1. The van der Waals surface area contributed by atoms with E-state index in [1.807, 2.05) is 12.3 Å². The summed E-state index contributed by atoms with van der Waals surface area (Å²) >= 11 is 1.30. The van der Waals surface area contributed by atoms with Crippen LogP contribution in [0, 0.1) is 6.92 Å². The van der Waals surface area contributed by atoms with Gasteiger partial charge in [-0.25, -0.2) is 9.78 Å². The van der Waals surface area contributed by atoms with Crippen LogP contribution >= 0.6 is 11.3 Å². The first-order chi connectivity index (χ1) is 10.9. The van der Waals surface area contributed by atoms with Crippen LogP contribution in [0.5, 0.6) is 0 Å². The lowest BCUT2D eigenvalue weighted by atomic mass is 10.1. The third-order valence-electron chi connectivity index (χ3n) is 2.73. The highest BCUT2D eigenvalue weighted by Crippen LogP contribution is 2.14. The summed E-state index contributed by atoms with van der Waals surface area (Å²) in [5.41, 5.74) is 1.92. The van der Waals surface area contributed by atoms with Gasteiger partial charge in [-0.15, -0.1) is 11.3 Å². The number of nitrogens with one attached hydrogen (secondary N) is 1. The van der Waals surface area contributed by atoms with Crippen LogP contribution in [-0.4, -0.2) is 33.9 Å². The van der Waals surface area contributed by atoms with Crippen molar-refractivity contribution in [3.05, 3.63) is 46.5 Å². The molecule has 23 heavy (non-hydrogen) atoms. The fourth-order valence-corrected chi connectivity index (χ4v) is 3.16. The molecule has 0 aliphatic carbocycles. The smallest absolute Gasteiger partial charge is 0.338 e. The lowest BCUT2D eigenvalue weighted by Crippen LogP contribution is -2.20. The lowest BCUT2D eigenvalue weighted by Gasteiger charge is -2.06. The first-order valence-electron chi connectivity index (χ1n) is 6.72. The van der Waals surface area contributed by atoms with Gasteiger partial charge in [0.2, 0.25) is 0 Å². The monoisotopic (exact) mass is 352 g/mol. The van der Waals surface area contributed by atoms with Gasteiger partial charge in [0.1, 0.15) is 0 Å². The minimum Gasteiger partial charge on any atom is -0.452 e. The molecule has 1 unspecified atom stereocenters. The van der Waals surface area contributed by atoms with E-state index in [9.17, 15) is 13.8 Å². The number of anilines is 1.